The Hall–Kier alpha value is -2.54. The summed E-state index contributed by atoms with van der Waals surface area (Å²) < 4.78 is 5.10. The number of aromatic nitrogens is 1. The first kappa shape index (κ1) is 21.8. The van der Waals surface area contributed by atoms with E-state index in [0.717, 1.165) is 16.1 Å². The lowest BCUT2D eigenvalue weighted by Crippen LogP contribution is -2.35. The molecule has 6 nitrogen and oxygen atoms in total. The smallest absolute Gasteiger partial charge is 0.408 e. The van der Waals surface area contributed by atoms with Gasteiger partial charge in [-0.15, -0.1) is 11.3 Å². The highest BCUT2D eigenvalue weighted by Gasteiger charge is 2.16. The average Bonchev–Trinajstić information content (AvgIpc) is 3.04. The van der Waals surface area contributed by atoms with Crippen LogP contribution in [0.4, 0.5) is 4.79 Å². The van der Waals surface area contributed by atoms with Gasteiger partial charge in [-0.2, -0.15) is 0 Å². The molecule has 2 rings (SSSR count). The van der Waals surface area contributed by atoms with Gasteiger partial charge in [0.1, 0.15) is 11.3 Å². The summed E-state index contributed by atoms with van der Waals surface area (Å²) in [6.45, 7) is 7.13. The lowest BCUT2D eigenvalue weighted by Gasteiger charge is -2.19. The first-order valence-electron chi connectivity index (χ1n) is 9.14. The molecule has 0 atom stereocenters. The highest BCUT2D eigenvalue weighted by atomic mass is 32.1. The Bertz CT molecular complexity index is 835. The van der Waals surface area contributed by atoms with Gasteiger partial charge in [-0.25, -0.2) is 9.78 Å². The fraction of sp³-hybridized carbons (Fsp3) is 0.429. The number of ether oxygens (including phenoxy) is 1. The molecule has 2 aromatic rings. The summed E-state index contributed by atoms with van der Waals surface area (Å²) in [5.74, 6) is -0.0653. The van der Waals surface area contributed by atoms with Crippen LogP contribution in [0.5, 0.6) is 0 Å². The molecule has 0 radical (unpaired) electrons. The first-order chi connectivity index (χ1) is 13.1. The second-order valence-electron chi connectivity index (χ2n) is 7.56. The molecule has 0 bridgehead atoms. The van der Waals surface area contributed by atoms with Crippen LogP contribution >= 0.6 is 11.3 Å². The van der Waals surface area contributed by atoms with Crippen molar-refractivity contribution >= 4 is 29.0 Å². The number of Topliss-reactive ketones (excluding diaryl/α,β-unsaturated/α-hetero) is 2. The molecule has 7 heteroatoms. The molecule has 1 heterocycles. The van der Waals surface area contributed by atoms with E-state index < -0.39 is 11.7 Å². The largest absolute Gasteiger partial charge is 0.444 e. The summed E-state index contributed by atoms with van der Waals surface area (Å²) in [6, 6.07) is 7.64. The SMILES string of the molecule is Cc1nc(C(=O)Cc2ccc(CCC(=O)CNC(=O)OC(C)(C)C)cc2)cs1. The molecule has 1 amide bonds. The third-order valence-electron chi connectivity index (χ3n) is 3.81. The predicted octanol–water partition coefficient (Wildman–Crippen LogP) is 3.90. The highest BCUT2D eigenvalue weighted by molar-refractivity contribution is 7.09. The zero-order chi connectivity index (χ0) is 20.7. The second-order valence-corrected chi connectivity index (χ2v) is 8.62. The number of nitrogens with zero attached hydrogens (tertiary/aromatic N) is 1. The van der Waals surface area contributed by atoms with Crippen LogP contribution in [0, 0.1) is 6.92 Å². The zero-order valence-corrected chi connectivity index (χ0v) is 17.5. The maximum Gasteiger partial charge on any atom is 0.408 e. The molecule has 1 aromatic carbocycles. The lowest BCUT2D eigenvalue weighted by molar-refractivity contribution is -0.118. The zero-order valence-electron chi connectivity index (χ0n) is 16.7. The van der Waals surface area contributed by atoms with Crippen LogP contribution < -0.4 is 5.32 Å². The molecule has 0 aliphatic carbocycles. The topological polar surface area (TPSA) is 85.4 Å². The average molecular weight is 403 g/mol. The fourth-order valence-electron chi connectivity index (χ4n) is 2.45. The normalized spacial score (nSPS) is 11.1. The van der Waals surface area contributed by atoms with Crippen LogP contribution in [0.2, 0.25) is 0 Å². The Morgan fingerprint density at radius 3 is 2.32 bits per heavy atom. The minimum absolute atomic E-state index is 0.000458. The van der Waals surface area contributed by atoms with Gasteiger partial charge >= 0.3 is 6.09 Å². The van der Waals surface area contributed by atoms with Crippen molar-refractivity contribution < 1.29 is 19.1 Å². The first-order valence-corrected chi connectivity index (χ1v) is 10.0. The molecule has 28 heavy (non-hydrogen) atoms. The molecule has 1 aromatic heterocycles. The van der Waals surface area contributed by atoms with E-state index in [2.05, 4.69) is 10.3 Å². The summed E-state index contributed by atoms with van der Waals surface area (Å²) in [5, 5.41) is 5.13. The van der Waals surface area contributed by atoms with Gasteiger partial charge in [0.25, 0.3) is 0 Å². The molecule has 0 aliphatic heterocycles. The third-order valence-corrected chi connectivity index (χ3v) is 4.59. The molecular formula is C21H26N2O4S. The minimum atomic E-state index is -0.592. The molecule has 0 saturated heterocycles. The Labute approximate surface area is 169 Å². The van der Waals surface area contributed by atoms with E-state index in [-0.39, 0.29) is 18.1 Å². The van der Waals surface area contributed by atoms with Crippen molar-refractivity contribution in [3.05, 3.63) is 51.5 Å². The maximum atomic E-state index is 12.2. The van der Waals surface area contributed by atoms with Crippen molar-refractivity contribution in [3.63, 3.8) is 0 Å². The summed E-state index contributed by atoms with van der Waals surface area (Å²) in [7, 11) is 0. The number of ketones is 2. The number of rotatable bonds is 8. The van der Waals surface area contributed by atoms with Gasteiger partial charge in [0.2, 0.25) is 0 Å². The number of carbonyl (C=O) groups excluding carboxylic acids is 3. The van der Waals surface area contributed by atoms with Gasteiger partial charge in [0, 0.05) is 18.2 Å². The summed E-state index contributed by atoms with van der Waals surface area (Å²) >= 11 is 1.47. The van der Waals surface area contributed by atoms with Gasteiger partial charge in [0.05, 0.1) is 11.6 Å². The molecular weight excluding hydrogens is 376 g/mol. The number of hydrogen-bond donors (Lipinski definition) is 1. The number of alkyl carbamates (subject to hydrolysis) is 1. The molecule has 0 unspecified atom stereocenters. The Balaban J connectivity index is 1.75. The van der Waals surface area contributed by atoms with Crippen LogP contribution in [0.3, 0.4) is 0 Å². The monoisotopic (exact) mass is 402 g/mol. The van der Waals surface area contributed by atoms with Crippen LogP contribution in [-0.4, -0.2) is 34.8 Å². The van der Waals surface area contributed by atoms with Crippen molar-refractivity contribution in [1.82, 2.24) is 10.3 Å². The third kappa shape index (κ3) is 7.60. The maximum absolute atomic E-state index is 12.2. The highest BCUT2D eigenvalue weighted by Crippen LogP contribution is 2.13. The second kappa shape index (κ2) is 9.59. The number of aryl methyl sites for hydroxylation is 2. The quantitative estimate of drug-likeness (QED) is 0.677. The van der Waals surface area contributed by atoms with Crippen molar-refractivity contribution in [2.75, 3.05) is 6.54 Å². The van der Waals surface area contributed by atoms with E-state index in [4.69, 9.17) is 4.74 Å². The van der Waals surface area contributed by atoms with Gasteiger partial charge in [-0.3, -0.25) is 9.59 Å². The number of benzene rings is 1. The Morgan fingerprint density at radius 1 is 1.11 bits per heavy atom. The van der Waals surface area contributed by atoms with E-state index in [9.17, 15) is 14.4 Å². The van der Waals surface area contributed by atoms with E-state index in [1.807, 2.05) is 31.2 Å². The number of amides is 1. The molecule has 0 fully saturated rings. The Kier molecular flexibility index (Phi) is 7.45. The van der Waals surface area contributed by atoms with Crippen molar-refractivity contribution in [1.29, 1.82) is 0 Å². The van der Waals surface area contributed by atoms with Gasteiger partial charge in [-0.05, 0) is 45.2 Å². The summed E-state index contributed by atoms with van der Waals surface area (Å²) in [4.78, 5) is 39.9. The number of hydrogen-bond acceptors (Lipinski definition) is 6. The standard InChI is InChI=1S/C21H26N2O4S/c1-14-23-18(13-28-14)19(25)11-16-7-5-15(6-8-16)9-10-17(24)12-22-20(26)27-21(2,3)4/h5-8,13H,9-12H2,1-4H3,(H,22,26). The van der Waals surface area contributed by atoms with Gasteiger partial charge < -0.3 is 10.1 Å². The van der Waals surface area contributed by atoms with E-state index >= 15 is 0 Å². The minimum Gasteiger partial charge on any atom is -0.444 e. The Morgan fingerprint density at radius 2 is 1.75 bits per heavy atom. The number of thiazole rings is 1. The van der Waals surface area contributed by atoms with Gasteiger partial charge in [0.15, 0.2) is 11.6 Å². The lowest BCUT2D eigenvalue weighted by atomic mass is 10.0. The molecule has 0 spiro atoms. The number of nitrogens with one attached hydrogen (secondary N) is 1. The predicted molar refractivity (Wildman–Crippen MR) is 109 cm³/mol. The fourth-order valence-corrected chi connectivity index (χ4v) is 3.07. The van der Waals surface area contributed by atoms with E-state index in [1.165, 1.54) is 11.3 Å². The summed E-state index contributed by atoms with van der Waals surface area (Å²) in [5.41, 5.74) is 1.84. The van der Waals surface area contributed by atoms with Crippen molar-refractivity contribution in [2.45, 2.75) is 52.6 Å². The van der Waals surface area contributed by atoms with Crippen LogP contribution in [-0.2, 0) is 22.4 Å². The van der Waals surface area contributed by atoms with Crippen LogP contribution in [0.15, 0.2) is 29.6 Å². The molecule has 1 N–H and O–H groups in total. The molecule has 150 valence electrons. The van der Waals surface area contributed by atoms with E-state index in [0.29, 0.717) is 25.0 Å². The van der Waals surface area contributed by atoms with Crippen LogP contribution in [0.25, 0.3) is 0 Å². The summed E-state index contributed by atoms with van der Waals surface area (Å²) in [6.07, 6.45) is 0.619. The number of carbonyl (C=O) groups is 3. The molecule has 0 aliphatic rings. The molecule has 0 saturated carbocycles. The van der Waals surface area contributed by atoms with Crippen molar-refractivity contribution in [3.8, 4) is 0 Å². The van der Waals surface area contributed by atoms with Gasteiger partial charge in [-0.1, -0.05) is 24.3 Å². The van der Waals surface area contributed by atoms with Crippen LogP contribution in [0.1, 0.15) is 53.8 Å². The van der Waals surface area contributed by atoms with E-state index in [1.54, 1.807) is 26.2 Å². The van der Waals surface area contributed by atoms with Crippen molar-refractivity contribution in [2.24, 2.45) is 0 Å².